The predicted molar refractivity (Wildman–Crippen MR) is 59.1 cm³/mol. The molecule has 0 aliphatic carbocycles. The van der Waals surface area contributed by atoms with E-state index in [-0.39, 0.29) is 5.97 Å². The molecule has 0 rings (SSSR count). The Labute approximate surface area is 87.3 Å². The SMILES string of the molecule is CCCCC=CC(C)CCOC(C)=O. The zero-order valence-corrected chi connectivity index (χ0v) is 9.58. The molecule has 0 N–H and O–H groups in total. The number of hydrogen-bond donors (Lipinski definition) is 0. The highest BCUT2D eigenvalue weighted by atomic mass is 16.5. The fraction of sp³-hybridized carbons (Fsp3) is 0.750. The fourth-order valence-electron chi connectivity index (χ4n) is 1.14. The minimum absolute atomic E-state index is 0.188. The Morgan fingerprint density at radius 3 is 2.79 bits per heavy atom. The van der Waals surface area contributed by atoms with Gasteiger partial charge in [-0.1, -0.05) is 38.8 Å². The molecule has 0 aliphatic heterocycles. The summed E-state index contributed by atoms with van der Waals surface area (Å²) < 4.78 is 4.87. The second-order valence-electron chi connectivity index (χ2n) is 3.68. The van der Waals surface area contributed by atoms with E-state index >= 15 is 0 Å². The molecule has 0 amide bonds. The monoisotopic (exact) mass is 198 g/mol. The van der Waals surface area contributed by atoms with Gasteiger partial charge in [0.05, 0.1) is 6.61 Å². The smallest absolute Gasteiger partial charge is 0.302 e. The third-order valence-corrected chi connectivity index (χ3v) is 2.07. The van der Waals surface area contributed by atoms with E-state index in [1.807, 2.05) is 0 Å². The van der Waals surface area contributed by atoms with Gasteiger partial charge in [0.15, 0.2) is 0 Å². The summed E-state index contributed by atoms with van der Waals surface area (Å²) in [6.45, 7) is 6.32. The van der Waals surface area contributed by atoms with Gasteiger partial charge in [-0.2, -0.15) is 0 Å². The van der Waals surface area contributed by atoms with Gasteiger partial charge in [-0.25, -0.2) is 0 Å². The molecule has 0 fully saturated rings. The van der Waals surface area contributed by atoms with Crippen LogP contribution in [0.2, 0.25) is 0 Å². The van der Waals surface area contributed by atoms with Crippen molar-refractivity contribution in [2.24, 2.45) is 5.92 Å². The predicted octanol–water partition coefficient (Wildman–Crippen LogP) is 3.32. The van der Waals surface area contributed by atoms with Crippen LogP contribution < -0.4 is 0 Å². The van der Waals surface area contributed by atoms with Gasteiger partial charge in [0.2, 0.25) is 0 Å². The molecule has 0 aromatic carbocycles. The van der Waals surface area contributed by atoms with Gasteiger partial charge in [-0.15, -0.1) is 0 Å². The number of rotatable bonds is 7. The molecule has 2 heteroatoms. The first kappa shape index (κ1) is 13.2. The fourth-order valence-corrected chi connectivity index (χ4v) is 1.14. The topological polar surface area (TPSA) is 26.3 Å². The normalized spacial score (nSPS) is 13.1. The van der Waals surface area contributed by atoms with Crippen molar-refractivity contribution < 1.29 is 9.53 Å². The van der Waals surface area contributed by atoms with Gasteiger partial charge in [0.25, 0.3) is 0 Å². The lowest BCUT2D eigenvalue weighted by Crippen LogP contribution is -2.03. The summed E-state index contributed by atoms with van der Waals surface area (Å²) in [4.78, 5) is 10.5. The quantitative estimate of drug-likeness (QED) is 0.356. The Morgan fingerprint density at radius 1 is 1.50 bits per heavy atom. The van der Waals surface area contributed by atoms with E-state index in [0.29, 0.717) is 12.5 Å². The van der Waals surface area contributed by atoms with E-state index in [1.54, 1.807) is 0 Å². The maximum Gasteiger partial charge on any atom is 0.302 e. The highest BCUT2D eigenvalue weighted by Gasteiger charge is 1.98. The minimum atomic E-state index is -0.188. The number of hydrogen-bond acceptors (Lipinski definition) is 2. The summed E-state index contributed by atoms with van der Waals surface area (Å²) in [6, 6.07) is 0. The summed E-state index contributed by atoms with van der Waals surface area (Å²) in [7, 11) is 0. The zero-order chi connectivity index (χ0) is 10.8. The Kier molecular flexibility index (Phi) is 8.30. The lowest BCUT2D eigenvalue weighted by molar-refractivity contribution is -0.141. The largest absolute Gasteiger partial charge is 0.466 e. The first-order valence-corrected chi connectivity index (χ1v) is 5.46. The molecule has 0 spiro atoms. The first-order valence-electron chi connectivity index (χ1n) is 5.46. The highest BCUT2D eigenvalue weighted by Crippen LogP contribution is 2.06. The number of carbonyl (C=O) groups is 1. The van der Waals surface area contributed by atoms with Crippen molar-refractivity contribution in [1.29, 1.82) is 0 Å². The maximum absolute atomic E-state index is 10.5. The number of esters is 1. The zero-order valence-electron chi connectivity index (χ0n) is 9.58. The first-order chi connectivity index (χ1) is 6.66. The van der Waals surface area contributed by atoms with Crippen molar-refractivity contribution in [3.63, 3.8) is 0 Å². The number of allylic oxidation sites excluding steroid dienone is 2. The van der Waals surface area contributed by atoms with Crippen LogP contribution >= 0.6 is 0 Å². The molecule has 0 saturated carbocycles. The molecule has 0 radical (unpaired) electrons. The van der Waals surface area contributed by atoms with E-state index in [9.17, 15) is 4.79 Å². The van der Waals surface area contributed by atoms with Gasteiger partial charge in [0, 0.05) is 6.92 Å². The highest BCUT2D eigenvalue weighted by molar-refractivity contribution is 5.65. The molecule has 1 unspecified atom stereocenters. The minimum Gasteiger partial charge on any atom is -0.466 e. The standard InChI is InChI=1S/C12H22O2/c1-4-5-6-7-8-11(2)9-10-14-12(3)13/h7-8,11H,4-6,9-10H2,1-3H3. The van der Waals surface area contributed by atoms with Crippen molar-refractivity contribution in [2.75, 3.05) is 6.61 Å². The van der Waals surface area contributed by atoms with E-state index in [0.717, 1.165) is 12.8 Å². The number of ether oxygens (including phenoxy) is 1. The molecule has 0 aliphatic rings. The third-order valence-electron chi connectivity index (χ3n) is 2.07. The van der Waals surface area contributed by atoms with Crippen LogP contribution in [0, 0.1) is 5.92 Å². The van der Waals surface area contributed by atoms with E-state index in [4.69, 9.17) is 4.74 Å². The molecule has 0 saturated heterocycles. The summed E-state index contributed by atoms with van der Waals surface area (Å²) in [5, 5.41) is 0. The molecule has 0 aromatic rings. The maximum atomic E-state index is 10.5. The van der Waals surface area contributed by atoms with Crippen LogP contribution in [0.4, 0.5) is 0 Å². The Bertz CT molecular complexity index is 173. The molecule has 0 aromatic heterocycles. The number of unbranched alkanes of at least 4 members (excludes halogenated alkanes) is 2. The van der Waals surface area contributed by atoms with Crippen LogP contribution in [0.5, 0.6) is 0 Å². The van der Waals surface area contributed by atoms with E-state index in [2.05, 4.69) is 26.0 Å². The lowest BCUT2D eigenvalue weighted by atomic mass is 10.1. The van der Waals surface area contributed by atoms with Gasteiger partial charge in [0.1, 0.15) is 0 Å². The molecule has 1 atom stereocenters. The van der Waals surface area contributed by atoms with Crippen molar-refractivity contribution in [3.8, 4) is 0 Å². The van der Waals surface area contributed by atoms with Crippen LogP contribution in [-0.2, 0) is 9.53 Å². The lowest BCUT2D eigenvalue weighted by Gasteiger charge is -2.05. The Balaban J connectivity index is 3.39. The molecular formula is C12H22O2. The Morgan fingerprint density at radius 2 is 2.21 bits per heavy atom. The number of carbonyl (C=O) groups excluding carboxylic acids is 1. The third kappa shape index (κ3) is 9.30. The molecule has 0 bridgehead atoms. The second-order valence-corrected chi connectivity index (χ2v) is 3.68. The Hall–Kier alpha value is -0.790. The summed E-state index contributed by atoms with van der Waals surface area (Å²) >= 11 is 0. The van der Waals surface area contributed by atoms with Crippen LogP contribution in [0.15, 0.2) is 12.2 Å². The summed E-state index contributed by atoms with van der Waals surface area (Å²) in [5.41, 5.74) is 0. The average molecular weight is 198 g/mol. The summed E-state index contributed by atoms with van der Waals surface area (Å²) in [6.07, 6.45) is 9.01. The van der Waals surface area contributed by atoms with Crippen LogP contribution in [-0.4, -0.2) is 12.6 Å². The molecule has 0 heterocycles. The van der Waals surface area contributed by atoms with Gasteiger partial charge < -0.3 is 4.74 Å². The second kappa shape index (κ2) is 8.79. The molecule has 14 heavy (non-hydrogen) atoms. The molecular weight excluding hydrogens is 176 g/mol. The van der Waals surface area contributed by atoms with Gasteiger partial charge in [-0.3, -0.25) is 4.79 Å². The van der Waals surface area contributed by atoms with Gasteiger partial charge >= 0.3 is 5.97 Å². The van der Waals surface area contributed by atoms with Crippen LogP contribution in [0.25, 0.3) is 0 Å². The van der Waals surface area contributed by atoms with Gasteiger partial charge in [-0.05, 0) is 18.8 Å². The van der Waals surface area contributed by atoms with Crippen molar-refractivity contribution in [2.45, 2.75) is 46.5 Å². The van der Waals surface area contributed by atoms with Crippen molar-refractivity contribution in [1.82, 2.24) is 0 Å². The van der Waals surface area contributed by atoms with Crippen molar-refractivity contribution >= 4 is 5.97 Å². The molecule has 2 nitrogen and oxygen atoms in total. The van der Waals surface area contributed by atoms with Crippen LogP contribution in [0.3, 0.4) is 0 Å². The van der Waals surface area contributed by atoms with Crippen molar-refractivity contribution in [3.05, 3.63) is 12.2 Å². The average Bonchev–Trinajstić information content (AvgIpc) is 2.12. The van der Waals surface area contributed by atoms with Crippen LogP contribution in [0.1, 0.15) is 46.5 Å². The summed E-state index contributed by atoms with van der Waals surface area (Å²) in [5.74, 6) is 0.318. The van der Waals surface area contributed by atoms with E-state index < -0.39 is 0 Å². The van der Waals surface area contributed by atoms with E-state index in [1.165, 1.54) is 19.8 Å². The molecule has 82 valence electrons.